The molecule has 0 saturated carbocycles. The quantitative estimate of drug-likeness (QED) is 0.915. The SMILES string of the molecule is CN1CCN(C)C(C(O)Cc2cc(F)ccc2Cl)C1. The number of hydrogen-bond acceptors (Lipinski definition) is 3. The van der Waals surface area contributed by atoms with Crippen LogP contribution in [-0.2, 0) is 6.42 Å². The molecule has 2 rings (SSSR count). The zero-order valence-electron chi connectivity index (χ0n) is 11.3. The van der Waals surface area contributed by atoms with E-state index < -0.39 is 6.10 Å². The zero-order valence-corrected chi connectivity index (χ0v) is 12.1. The number of likely N-dealkylation sites (N-methyl/N-ethyl adjacent to an activating group) is 2. The van der Waals surface area contributed by atoms with Crippen molar-refractivity contribution in [1.82, 2.24) is 9.80 Å². The first kappa shape index (κ1) is 14.7. The number of aliphatic hydroxyl groups is 1. The van der Waals surface area contributed by atoms with Gasteiger partial charge in [-0.15, -0.1) is 0 Å². The van der Waals surface area contributed by atoms with Gasteiger partial charge in [0, 0.05) is 37.1 Å². The van der Waals surface area contributed by atoms with E-state index in [1.807, 2.05) is 14.1 Å². The first-order chi connectivity index (χ1) is 8.97. The third-order valence-electron chi connectivity index (χ3n) is 3.78. The summed E-state index contributed by atoms with van der Waals surface area (Å²) in [7, 11) is 4.05. The standard InChI is InChI=1S/C14H20ClFN2O/c1-17-5-6-18(2)13(9-17)14(19)8-10-7-11(16)3-4-12(10)15/h3-4,7,13-14,19H,5-6,8-9H2,1-2H3. The molecule has 3 nitrogen and oxygen atoms in total. The van der Waals surface area contributed by atoms with Crippen molar-refractivity contribution in [3.8, 4) is 0 Å². The van der Waals surface area contributed by atoms with Crippen LogP contribution in [0.3, 0.4) is 0 Å². The van der Waals surface area contributed by atoms with Crippen LogP contribution in [-0.4, -0.2) is 60.8 Å². The van der Waals surface area contributed by atoms with Gasteiger partial charge < -0.3 is 10.0 Å². The van der Waals surface area contributed by atoms with Crippen molar-refractivity contribution in [2.45, 2.75) is 18.6 Å². The fraction of sp³-hybridized carbons (Fsp3) is 0.571. The molecule has 1 aromatic rings. The minimum Gasteiger partial charge on any atom is -0.391 e. The molecular formula is C14H20ClFN2O. The van der Waals surface area contributed by atoms with Crippen LogP contribution in [0.1, 0.15) is 5.56 Å². The molecular weight excluding hydrogens is 267 g/mol. The summed E-state index contributed by atoms with van der Waals surface area (Å²) >= 11 is 6.04. The van der Waals surface area contributed by atoms with E-state index in [1.54, 1.807) is 0 Å². The van der Waals surface area contributed by atoms with Crippen molar-refractivity contribution in [2.75, 3.05) is 33.7 Å². The van der Waals surface area contributed by atoms with Crippen LogP contribution in [0.25, 0.3) is 0 Å². The molecule has 0 bridgehead atoms. The van der Waals surface area contributed by atoms with Crippen LogP contribution in [0.4, 0.5) is 4.39 Å². The maximum atomic E-state index is 13.2. The van der Waals surface area contributed by atoms with Crippen LogP contribution in [0, 0.1) is 5.82 Å². The average molecular weight is 287 g/mol. The molecule has 1 aliphatic rings. The molecule has 1 aromatic carbocycles. The summed E-state index contributed by atoms with van der Waals surface area (Å²) in [6.45, 7) is 2.74. The summed E-state index contributed by atoms with van der Waals surface area (Å²) in [4.78, 5) is 4.35. The fourth-order valence-corrected chi connectivity index (χ4v) is 2.72. The predicted octanol–water partition coefficient (Wildman–Crippen LogP) is 1.63. The minimum absolute atomic E-state index is 0.0538. The van der Waals surface area contributed by atoms with Gasteiger partial charge in [-0.3, -0.25) is 4.90 Å². The smallest absolute Gasteiger partial charge is 0.123 e. The minimum atomic E-state index is -0.549. The Bertz CT molecular complexity index is 443. The largest absolute Gasteiger partial charge is 0.391 e. The first-order valence-corrected chi connectivity index (χ1v) is 6.86. The molecule has 0 amide bonds. The summed E-state index contributed by atoms with van der Waals surface area (Å²) in [6.07, 6.45) is -0.175. The Morgan fingerprint density at radius 3 is 2.89 bits per heavy atom. The lowest BCUT2D eigenvalue weighted by atomic mass is 9.99. The number of rotatable bonds is 3. The van der Waals surface area contributed by atoms with Gasteiger partial charge in [0.1, 0.15) is 5.82 Å². The fourth-order valence-electron chi connectivity index (χ4n) is 2.52. The van der Waals surface area contributed by atoms with Gasteiger partial charge in [0.05, 0.1) is 6.10 Å². The Labute approximate surface area is 118 Å². The van der Waals surface area contributed by atoms with Gasteiger partial charge in [-0.25, -0.2) is 4.39 Å². The summed E-state index contributed by atoms with van der Waals surface area (Å²) in [5, 5.41) is 10.9. The van der Waals surface area contributed by atoms with Gasteiger partial charge in [0.25, 0.3) is 0 Å². The normalized spacial score (nSPS) is 23.5. The number of hydrogen-bond donors (Lipinski definition) is 1. The Hall–Kier alpha value is -0.680. The molecule has 1 N–H and O–H groups in total. The molecule has 0 aliphatic carbocycles. The Balaban J connectivity index is 2.07. The van der Waals surface area contributed by atoms with E-state index in [0.29, 0.717) is 17.0 Å². The molecule has 106 valence electrons. The van der Waals surface area contributed by atoms with Gasteiger partial charge in [-0.2, -0.15) is 0 Å². The Morgan fingerprint density at radius 2 is 2.16 bits per heavy atom. The van der Waals surface area contributed by atoms with Crippen molar-refractivity contribution in [3.63, 3.8) is 0 Å². The second-order valence-electron chi connectivity index (χ2n) is 5.32. The van der Waals surface area contributed by atoms with E-state index in [4.69, 9.17) is 11.6 Å². The number of halogens is 2. The summed E-state index contributed by atoms with van der Waals surface area (Å²) in [5.74, 6) is -0.319. The molecule has 5 heteroatoms. The van der Waals surface area contributed by atoms with E-state index in [-0.39, 0.29) is 11.9 Å². The molecule has 0 aromatic heterocycles. The van der Waals surface area contributed by atoms with E-state index in [2.05, 4.69) is 9.80 Å². The van der Waals surface area contributed by atoms with Crippen LogP contribution >= 0.6 is 11.6 Å². The van der Waals surface area contributed by atoms with Crippen LogP contribution in [0.2, 0.25) is 5.02 Å². The highest BCUT2D eigenvalue weighted by Crippen LogP contribution is 2.21. The van der Waals surface area contributed by atoms with Gasteiger partial charge >= 0.3 is 0 Å². The van der Waals surface area contributed by atoms with Crippen molar-refractivity contribution >= 4 is 11.6 Å². The van der Waals surface area contributed by atoms with Gasteiger partial charge in [-0.05, 0) is 37.9 Å². The lowest BCUT2D eigenvalue weighted by Crippen LogP contribution is -2.55. The second-order valence-corrected chi connectivity index (χ2v) is 5.72. The van der Waals surface area contributed by atoms with Gasteiger partial charge in [-0.1, -0.05) is 11.6 Å². The molecule has 2 atom stereocenters. The molecule has 0 spiro atoms. The maximum absolute atomic E-state index is 13.2. The summed E-state index contributed by atoms with van der Waals surface area (Å²) < 4.78 is 13.2. The zero-order chi connectivity index (χ0) is 14.0. The first-order valence-electron chi connectivity index (χ1n) is 6.48. The lowest BCUT2D eigenvalue weighted by molar-refractivity contribution is 0.0153. The Kier molecular flexibility index (Phi) is 4.79. The van der Waals surface area contributed by atoms with E-state index in [9.17, 15) is 9.50 Å². The third kappa shape index (κ3) is 3.66. The molecule has 19 heavy (non-hydrogen) atoms. The monoisotopic (exact) mass is 286 g/mol. The van der Waals surface area contributed by atoms with Crippen molar-refractivity contribution < 1.29 is 9.50 Å². The maximum Gasteiger partial charge on any atom is 0.123 e. The molecule has 0 radical (unpaired) electrons. The van der Waals surface area contributed by atoms with E-state index in [1.165, 1.54) is 18.2 Å². The average Bonchev–Trinajstić information content (AvgIpc) is 2.36. The van der Waals surface area contributed by atoms with Crippen molar-refractivity contribution in [3.05, 3.63) is 34.6 Å². The number of piperazine rings is 1. The topological polar surface area (TPSA) is 26.7 Å². The molecule has 1 saturated heterocycles. The summed E-state index contributed by atoms with van der Waals surface area (Å²) in [5.41, 5.74) is 0.663. The van der Waals surface area contributed by atoms with Gasteiger partial charge in [0.15, 0.2) is 0 Å². The lowest BCUT2D eigenvalue weighted by Gasteiger charge is -2.40. The summed E-state index contributed by atoms with van der Waals surface area (Å²) in [6, 6.07) is 4.32. The van der Waals surface area contributed by atoms with Crippen LogP contribution in [0.5, 0.6) is 0 Å². The predicted molar refractivity (Wildman–Crippen MR) is 75.0 cm³/mol. The molecule has 1 aliphatic heterocycles. The van der Waals surface area contributed by atoms with Crippen molar-refractivity contribution in [2.24, 2.45) is 0 Å². The molecule has 1 fully saturated rings. The van der Waals surface area contributed by atoms with Crippen LogP contribution < -0.4 is 0 Å². The van der Waals surface area contributed by atoms with E-state index >= 15 is 0 Å². The van der Waals surface area contributed by atoms with Gasteiger partial charge in [0.2, 0.25) is 0 Å². The Morgan fingerprint density at radius 1 is 1.42 bits per heavy atom. The number of nitrogens with zero attached hydrogens (tertiary/aromatic N) is 2. The number of benzene rings is 1. The van der Waals surface area contributed by atoms with E-state index in [0.717, 1.165) is 19.6 Å². The number of aliphatic hydroxyl groups excluding tert-OH is 1. The molecule has 2 unspecified atom stereocenters. The highest BCUT2D eigenvalue weighted by atomic mass is 35.5. The molecule has 1 heterocycles. The third-order valence-corrected chi connectivity index (χ3v) is 4.15. The second kappa shape index (κ2) is 6.18. The highest BCUT2D eigenvalue weighted by Gasteiger charge is 2.29. The highest BCUT2D eigenvalue weighted by molar-refractivity contribution is 6.31. The van der Waals surface area contributed by atoms with Crippen LogP contribution in [0.15, 0.2) is 18.2 Å². The van der Waals surface area contributed by atoms with Crippen molar-refractivity contribution in [1.29, 1.82) is 0 Å².